The van der Waals surface area contributed by atoms with Crippen LogP contribution in [0.25, 0.3) is 5.95 Å². The number of aromatic nitrogens is 5. The van der Waals surface area contributed by atoms with Crippen molar-refractivity contribution in [1.82, 2.24) is 24.7 Å². The Morgan fingerprint density at radius 3 is 2.40 bits per heavy atom. The summed E-state index contributed by atoms with van der Waals surface area (Å²) >= 11 is 0. The molecule has 0 radical (unpaired) electrons. The van der Waals surface area contributed by atoms with E-state index in [0.29, 0.717) is 11.8 Å². The second kappa shape index (κ2) is 6.88. The number of nitrogens with zero attached hydrogens (tertiary/aromatic N) is 6. The van der Waals surface area contributed by atoms with Crippen LogP contribution in [0.1, 0.15) is 36.6 Å². The molecule has 0 spiro atoms. The van der Waals surface area contributed by atoms with Crippen LogP contribution in [-0.4, -0.2) is 37.0 Å². The highest BCUT2D eigenvalue weighted by Gasteiger charge is 2.13. The van der Waals surface area contributed by atoms with E-state index < -0.39 is 0 Å². The number of benzene rings is 1. The first-order valence-corrected chi connectivity index (χ1v) is 8.21. The number of rotatable bonds is 5. The molecule has 0 aliphatic heterocycles. The Labute approximate surface area is 147 Å². The lowest BCUT2D eigenvalue weighted by Gasteiger charge is -2.09. The van der Waals surface area contributed by atoms with Crippen molar-refractivity contribution in [2.45, 2.75) is 40.7 Å². The van der Waals surface area contributed by atoms with Gasteiger partial charge in [-0.25, -0.2) is 4.68 Å². The fourth-order valence-corrected chi connectivity index (χ4v) is 2.47. The van der Waals surface area contributed by atoms with Gasteiger partial charge in [0.1, 0.15) is 5.75 Å². The Kier molecular flexibility index (Phi) is 4.65. The molecule has 0 aliphatic rings. The van der Waals surface area contributed by atoms with Gasteiger partial charge in [-0.2, -0.15) is 14.9 Å². The molecule has 0 unspecified atom stereocenters. The first-order chi connectivity index (χ1) is 11.9. The zero-order valence-corrected chi connectivity index (χ0v) is 15.1. The molecule has 0 saturated heterocycles. The zero-order valence-electron chi connectivity index (χ0n) is 15.1. The van der Waals surface area contributed by atoms with E-state index >= 15 is 0 Å². The summed E-state index contributed by atoms with van der Waals surface area (Å²) in [4.78, 5) is 0. The first-order valence-electron chi connectivity index (χ1n) is 8.21. The molecule has 0 N–H and O–H groups in total. The van der Waals surface area contributed by atoms with Gasteiger partial charge in [0.05, 0.1) is 18.0 Å². The maximum atomic E-state index is 5.65. The lowest BCUT2D eigenvalue weighted by Crippen LogP contribution is -2.08. The number of hydrogen-bond acceptors (Lipinski definition) is 5. The fraction of sp³-hybridized carbons (Fsp3) is 0.333. The molecule has 0 atom stereocenters. The summed E-state index contributed by atoms with van der Waals surface area (Å²) in [7, 11) is 0. The van der Waals surface area contributed by atoms with Crippen LogP contribution in [0, 0.1) is 20.8 Å². The van der Waals surface area contributed by atoms with Gasteiger partial charge in [-0.05, 0) is 70.5 Å². The molecule has 25 heavy (non-hydrogen) atoms. The van der Waals surface area contributed by atoms with Crippen molar-refractivity contribution in [1.29, 1.82) is 0 Å². The third-order valence-corrected chi connectivity index (χ3v) is 3.55. The maximum Gasteiger partial charge on any atom is 0.273 e. The second-order valence-corrected chi connectivity index (χ2v) is 6.18. The van der Waals surface area contributed by atoms with Crippen molar-refractivity contribution in [3.63, 3.8) is 0 Å². The van der Waals surface area contributed by atoms with Crippen LogP contribution >= 0.6 is 0 Å². The molecule has 1 aromatic carbocycles. The van der Waals surface area contributed by atoms with E-state index in [1.807, 2.05) is 65.0 Å². The summed E-state index contributed by atoms with van der Waals surface area (Å²) < 4.78 is 9.07. The molecule has 0 bridgehead atoms. The molecule has 3 aromatic rings. The molecule has 0 saturated carbocycles. The Morgan fingerprint density at radius 2 is 1.80 bits per heavy atom. The molecule has 2 heterocycles. The predicted octanol–water partition coefficient (Wildman–Crippen LogP) is 3.06. The lowest BCUT2D eigenvalue weighted by molar-refractivity contribution is 0.242. The van der Waals surface area contributed by atoms with Crippen molar-refractivity contribution in [3.8, 4) is 11.7 Å². The highest BCUT2D eigenvalue weighted by molar-refractivity contribution is 5.79. The van der Waals surface area contributed by atoms with Crippen molar-refractivity contribution < 1.29 is 4.74 Å². The predicted molar refractivity (Wildman–Crippen MR) is 96.6 cm³/mol. The Bertz CT molecular complexity index is 889. The van der Waals surface area contributed by atoms with Crippen molar-refractivity contribution in [2.24, 2.45) is 5.10 Å². The Hall–Kier alpha value is -2.96. The van der Waals surface area contributed by atoms with Crippen LogP contribution in [-0.2, 0) is 0 Å². The summed E-state index contributed by atoms with van der Waals surface area (Å²) in [5, 5.41) is 17.3. The topological polar surface area (TPSA) is 70.1 Å². The lowest BCUT2D eigenvalue weighted by atomic mass is 10.2. The van der Waals surface area contributed by atoms with E-state index in [1.165, 1.54) is 0 Å². The summed E-state index contributed by atoms with van der Waals surface area (Å²) in [6.07, 6.45) is 1.92. The third-order valence-electron chi connectivity index (χ3n) is 3.55. The standard InChI is InChI=1S/C18H22N6O/c1-12(2)25-17-8-6-16(7-9-17)11-19-24-15(5)20-21-18(24)23-14(4)10-13(3)22-23/h6-12H,1-5H3. The summed E-state index contributed by atoms with van der Waals surface area (Å²) in [5.41, 5.74) is 2.87. The van der Waals surface area contributed by atoms with Gasteiger partial charge in [0.15, 0.2) is 5.82 Å². The van der Waals surface area contributed by atoms with Crippen LogP contribution < -0.4 is 4.74 Å². The Balaban J connectivity index is 1.87. The summed E-state index contributed by atoms with van der Waals surface area (Å²) in [6.45, 7) is 9.79. The fourth-order valence-electron chi connectivity index (χ4n) is 2.47. The number of aryl methyl sites for hydroxylation is 3. The molecular weight excluding hydrogens is 316 g/mol. The van der Waals surface area contributed by atoms with Gasteiger partial charge in [-0.1, -0.05) is 0 Å². The third kappa shape index (κ3) is 3.76. The van der Waals surface area contributed by atoms with E-state index in [4.69, 9.17) is 4.74 Å². The normalized spacial score (nSPS) is 11.6. The monoisotopic (exact) mass is 338 g/mol. The summed E-state index contributed by atoms with van der Waals surface area (Å²) in [6, 6.07) is 9.78. The van der Waals surface area contributed by atoms with Gasteiger partial charge >= 0.3 is 0 Å². The molecule has 2 aromatic heterocycles. The average molecular weight is 338 g/mol. The van der Waals surface area contributed by atoms with E-state index in [9.17, 15) is 0 Å². The molecule has 0 fully saturated rings. The van der Waals surface area contributed by atoms with E-state index in [2.05, 4.69) is 20.4 Å². The van der Waals surface area contributed by atoms with Crippen LogP contribution in [0.15, 0.2) is 35.4 Å². The van der Waals surface area contributed by atoms with E-state index in [1.54, 1.807) is 15.6 Å². The highest BCUT2D eigenvalue weighted by atomic mass is 16.5. The highest BCUT2D eigenvalue weighted by Crippen LogP contribution is 2.14. The molecule has 0 amide bonds. The minimum absolute atomic E-state index is 0.155. The zero-order chi connectivity index (χ0) is 18.0. The van der Waals surface area contributed by atoms with Gasteiger partial charge in [0, 0.05) is 5.69 Å². The second-order valence-electron chi connectivity index (χ2n) is 6.18. The largest absolute Gasteiger partial charge is 0.491 e. The average Bonchev–Trinajstić information content (AvgIpc) is 3.08. The smallest absolute Gasteiger partial charge is 0.273 e. The van der Waals surface area contributed by atoms with Crippen molar-refractivity contribution in [2.75, 3.05) is 0 Å². The van der Waals surface area contributed by atoms with Gasteiger partial charge < -0.3 is 4.74 Å². The van der Waals surface area contributed by atoms with E-state index in [-0.39, 0.29) is 6.10 Å². The molecule has 3 rings (SSSR count). The molecular formula is C18H22N6O. The SMILES string of the molecule is Cc1cc(C)n(-c2nnc(C)n2N=Cc2ccc(OC(C)C)cc2)n1. The number of ether oxygens (including phenoxy) is 1. The van der Waals surface area contributed by atoms with Crippen molar-refractivity contribution >= 4 is 6.21 Å². The molecule has 0 aliphatic carbocycles. The molecule has 7 heteroatoms. The van der Waals surface area contributed by atoms with Gasteiger partial charge in [-0.15, -0.1) is 10.2 Å². The van der Waals surface area contributed by atoms with Crippen LogP contribution in [0.3, 0.4) is 0 Å². The van der Waals surface area contributed by atoms with Gasteiger partial charge in [-0.3, -0.25) is 0 Å². The molecule has 7 nitrogen and oxygen atoms in total. The first kappa shape index (κ1) is 16.9. The van der Waals surface area contributed by atoms with Crippen LogP contribution in [0.2, 0.25) is 0 Å². The maximum absolute atomic E-state index is 5.65. The Morgan fingerprint density at radius 1 is 1.08 bits per heavy atom. The molecule has 130 valence electrons. The summed E-state index contributed by atoms with van der Waals surface area (Å²) in [5.74, 6) is 2.11. The quantitative estimate of drug-likeness (QED) is 0.670. The van der Waals surface area contributed by atoms with E-state index in [0.717, 1.165) is 22.7 Å². The minimum atomic E-state index is 0.155. The van der Waals surface area contributed by atoms with Crippen LogP contribution in [0.4, 0.5) is 0 Å². The van der Waals surface area contributed by atoms with Crippen molar-refractivity contribution in [3.05, 3.63) is 53.1 Å². The van der Waals surface area contributed by atoms with Gasteiger partial charge in [0.25, 0.3) is 5.95 Å². The van der Waals surface area contributed by atoms with Gasteiger partial charge in [0.2, 0.25) is 0 Å². The number of hydrogen-bond donors (Lipinski definition) is 0. The van der Waals surface area contributed by atoms with Crippen LogP contribution in [0.5, 0.6) is 5.75 Å². The minimum Gasteiger partial charge on any atom is -0.491 e.